The predicted molar refractivity (Wildman–Crippen MR) is 66.2 cm³/mol. The molecular weight excluding hydrogens is 218 g/mol. The number of nitrogens with two attached hydrogens (primary N) is 1. The van der Waals surface area contributed by atoms with Crippen molar-refractivity contribution in [3.63, 3.8) is 0 Å². The number of nitrogens with one attached hydrogen (secondary N) is 2. The monoisotopic (exact) mass is 231 g/mol. The Morgan fingerprint density at radius 3 is 3.00 bits per heavy atom. The molecule has 1 aromatic rings. The third kappa shape index (κ3) is 3.83. The summed E-state index contributed by atoms with van der Waals surface area (Å²) in [6.07, 6.45) is 0. The molecule has 0 atom stereocenters. The van der Waals surface area contributed by atoms with Gasteiger partial charge in [0.25, 0.3) is 0 Å². The number of benzene rings is 1. The van der Waals surface area contributed by atoms with Crippen LogP contribution in [-0.2, 0) is 0 Å². The Morgan fingerprint density at radius 2 is 2.41 bits per heavy atom. The summed E-state index contributed by atoms with van der Waals surface area (Å²) in [7, 11) is 0. The molecule has 0 heterocycles. The summed E-state index contributed by atoms with van der Waals surface area (Å²) in [6, 6.07) is 8.83. The number of nitriles is 1. The Balaban J connectivity index is 2.79. The van der Waals surface area contributed by atoms with Crippen molar-refractivity contribution in [1.29, 1.82) is 10.7 Å². The Hall–Kier alpha value is -2.55. The number of hydrogen-bond acceptors (Lipinski definition) is 5. The lowest BCUT2D eigenvalue weighted by atomic mass is 10.3. The van der Waals surface area contributed by atoms with E-state index in [4.69, 9.17) is 21.1 Å². The molecule has 0 amide bonds. The molecule has 0 saturated heterocycles. The normalized spacial score (nSPS) is 10.5. The Morgan fingerprint density at radius 1 is 1.65 bits per heavy atom. The van der Waals surface area contributed by atoms with E-state index in [-0.39, 0.29) is 11.5 Å². The van der Waals surface area contributed by atoms with Gasteiger partial charge in [0.2, 0.25) is 5.71 Å². The van der Waals surface area contributed by atoms with Crippen molar-refractivity contribution in [3.8, 4) is 11.8 Å². The van der Waals surface area contributed by atoms with Crippen molar-refractivity contribution in [1.82, 2.24) is 0 Å². The summed E-state index contributed by atoms with van der Waals surface area (Å²) < 4.78 is 5.31. The number of hydrogen-bond donors (Lipinski definition) is 3. The highest BCUT2D eigenvalue weighted by molar-refractivity contribution is 6.45. The second-order valence-corrected chi connectivity index (χ2v) is 3.06. The maximum absolute atomic E-state index is 8.65. The lowest BCUT2D eigenvalue weighted by molar-refractivity contribution is 0.340. The zero-order valence-electron chi connectivity index (χ0n) is 9.40. The van der Waals surface area contributed by atoms with Gasteiger partial charge >= 0.3 is 0 Å². The van der Waals surface area contributed by atoms with E-state index in [9.17, 15) is 0 Å². The van der Waals surface area contributed by atoms with Crippen LogP contribution in [0.2, 0.25) is 0 Å². The zero-order valence-corrected chi connectivity index (χ0v) is 9.40. The van der Waals surface area contributed by atoms with Crippen LogP contribution in [0.4, 0.5) is 5.69 Å². The van der Waals surface area contributed by atoms with Gasteiger partial charge in [-0.05, 0) is 19.1 Å². The highest BCUT2D eigenvalue weighted by atomic mass is 16.5. The van der Waals surface area contributed by atoms with Crippen molar-refractivity contribution in [2.75, 3.05) is 12.0 Å². The van der Waals surface area contributed by atoms with Gasteiger partial charge in [-0.3, -0.25) is 10.8 Å². The summed E-state index contributed by atoms with van der Waals surface area (Å²) in [6.45, 7) is 2.46. The van der Waals surface area contributed by atoms with Crippen LogP contribution in [0.15, 0.2) is 29.4 Å². The molecule has 4 N–H and O–H groups in total. The summed E-state index contributed by atoms with van der Waals surface area (Å²) in [5.74, 6) is 0.329. The molecule has 1 rings (SSSR count). The highest BCUT2D eigenvalue weighted by Gasteiger charge is 2.01. The van der Waals surface area contributed by atoms with Crippen molar-refractivity contribution in [2.45, 2.75) is 6.92 Å². The fourth-order valence-electron chi connectivity index (χ4n) is 1.09. The molecule has 0 spiro atoms. The van der Waals surface area contributed by atoms with Gasteiger partial charge in [-0.1, -0.05) is 6.07 Å². The van der Waals surface area contributed by atoms with Crippen molar-refractivity contribution in [2.24, 2.45) is 10.8 Å². The van der Waals surface area contributed by atoms with E-state index in [1.54, 1.807) is 24.3 Å². The summed E-state index contributed by atoms with van der Waals surface area (Å²) in [4.78, 5) is 0. The quantitative estimate of drug-likeness (QED) is 0.403. The number of anilines is 1. The van der Waals surface area contributed by atoms with E-state index < -0.39 is 0 Å². The minimum absolute atomic E-state index is 0.160. The molecule has 0 radical (unpaired) electrons. The van der Waals surface area contributed by atoms with Gasteiger partial charge < -0.3 is 10.5 Å². The Labute approximate surface area is 99.2 Å². The van der Waals surface area contributed by atoms with E-state index in [2.05, 4.69) is 10.5 Å². The average molecular weight is 231 g/mol. The first-order valence-electron chi connectivity index (χ1n) is 4.98. The largest absolute Gasteiger partial charge is 0.494 e. The fraction of sp³-hybridized carbons (Fsp3) is 0.182. The molecule has 0 aliphatic heterocycles. The smallest absolute Gasteiger partial charge is 0.201 e. The van der Waals surface area contributed by atoms with Crippen LogP contribution >= 0.6 is 0 Å². The van der Waals surface area contributed by atoms with Gasteiger partial charge in [0.15, 0.2) is 5.84 Å². The first-order chi connectivity index (χ1) is 8.17. The Bertz CT molecular complexity index is 475. The van der Waals surface area contributed by atoms with Crippen LogP contribution in [-0.4, -0.2) is 18.2 Å². The summed E-state index contributed by atoms with van der Waals surface area (Å²) >= 11 is 0. The van der Waals surface area contributed by atoms with Gasteiger partial charge in [-0.2, -0.15) is 10.4 Å². The molecule has 0 aliphatic rings. The maximum atomic E-state index is 8.65. The van der Waals surface area contributed by atoms with E-state index >= 15 is 0 Å². The van der Waals surface area contributed by atoms with Crippen LogP contribution in [0.3, 0.4) is 0 Å². The molecule has 17 heavy (non-hydrogen) atoms. The van der Waals surface area contributed by atoms with Crippen LogP contribution in [0.5, 0.6) is 5.75 Å². The molecule has 0 bridgehead atoms. The van der Waals surface area contributed by atoms with E-state index in [0.717, 1.165) is 0 Å². The molecule has 88 valence electrons. The topological polar surface area (TPSA) is 107 Å². The molecule has 0 aromatic heterocycles. The second kappa shape index (κ2) is 6.12. The van der Waals surface area contributed by atoms with Crippen LogP contribution in [0.1, 0.15) is 6.92 Å². The fourth-order valence-corrected chi connectivity index (χ4v) is 1.09. The predicted octanol–water partition coefficient (Wildman–Crippen LogP) is 1.31. The first kappa shape index (κ1) is 12.5. The second-order valence-electron chi connectivity index (χ2n) is 3.06. The lowest BCUT2D eigenvalue weighted by Crippen LogP contribution is -2.21. The van der Waals surface area contributed by atoms with Gasteiger partial charge in [0, 0.05) is 6.07 Å². The van der Waals surface area contributed by atoms with Crippen molar-refractivity contribution < 1.29 is 4.74 Å². The Kier molecular flexibility index (Phi) is 4.51. The molecule has 0 unspecified atom stereocenters. The van der Waals surface area contributed by atoms with Gasteiger partial charge in [-0.25, -0.2) is 0 Å². The maximum Gasteiger partial charge on any atom is 0.201 e. The molecule has 6 nitrogen and oxygen atoms in total. The molecular formula is C11H13N5O. The number of nitrogens with zero attached hydrogens (tertiary/aromatic N) is 2. The van der Waals surface area contributed by atoms with Crippen molar-refractivity contribution >= 4 is 17.2 Å². The molecule has 0 aliphatic carbocycles. The van der Waals surface area contributed by atoms with E-state index in [1.165, 1.54) is 0 Å². The minimum atomic E-state index is -0.374. The third-order valence-corrected chi connectivity index (χ3v) is 1.80. The third-order valence-electron chi connectivity index (χ3n) is 1.80. The summed E-state index contributed by atoms with van der Waals surface area (Å²) in [5.41, 5.74) is 8.29. The SMILES string of the molecule is CCOc1cccc(N/N=C(\C#N)C(=N)N)c1. The van der Waals surface area contributed by atoms with E-state index in [0.29, 0.717) is 18.0 Å². The van der Waals surface area contributed by atoms with Gasteiger partial charge in [0.1, 0.15) is 11.8 Å². The van der Waals surface area contributed by atoms with E-state index in [1.807, 2.05) is 13.0 Å². The molecule has 0 fully saturated rings. The molecule has 6 heteroatoms. The number of ether oxygens (including phenoxy) is 1. The number of hydrazone groups is 1. The number of amidine groups is 1. The first-order valence-corrected chi connectivity index (χ1v) is 4.98. The van der Waals surface area contributed by atoms with Crippen LogP contribution in [0, 0.1) is 16.7 Å². The minimum Gasteiger partial charge on any atom is -0.494 e. The standard InChI is InChI=1S/C11H13N5O/c1-2-17-9-5-3-4-8(6-9)15-16-10(7-12)11(13)14/h3-6,15H,2H2,1H3,(H3,13,14)/b16-10+. The lowest BCUT2D eigenvalue weighted by Gasteiger charge is -2.05. The average Bonchev–Trinajstić information content (AvgIpc) is 2.30. The molecule has 0 saturated carbocycles. The van der Waals surface area contributed by atoms with Gasteiger partial charge in [0.05, 0.1) is 12.3 Å². The summed E-state index contributed by atoms with van der Waals surface area (Å²) in [5, 5.41) is 19.4. The van der Waals surface area contributed by atoms with Crippen molar-refractivity contribution in [3.05, 3.63) is 24.3 Å². The highest BCUT2D eigenvalue weighted by Crippen LogP contribution is 2.17. The zero-order chi connectivity index (χ0) is 12.7. The van der Waals surface area contributed by atoms with Crippen LogP contribution in [0.25, 0.3) is 0 Å². The van der Waals surface area contributed by atoms with Crippen LogP contribution < -0.4 is 15.9 Å². The molecule has 1 aromatic carbocycles. The van der Waals surface area contributed by atoms with Gasteiger partial charge in [-0.15, -0.1) is 0 Å². The number of rotatable bonds is 5.